The molecular formula is C21H34N4O3. The molecule has 156 valence electrons. The Hall–Kier alpha value is -2.54. The molecule has 7 nitrogen and oxygen atoms in total. The lowest BCUT2D eigenvalue weighted by Crippen LogP contribution is -2.33. The van der Waals surface area contributed by atoms with Gasteiger partial charge in [0, 0.05) is 12.1 Å². The molecule has 3 N–H and O–H groups in total. The van der Waals surface area contributed by atoms with Crippen LogP contribution < -0.4 is 20.7 Å². The number of nitrogens with one attached hydrogen (secondary N) is 1. The number of hydrazine groups is 1. The Balaban J connectivity index is 2.75. The van der Waals surface area contributed by atoms with Crippen LogP contribution in [0.15, 0.2) is 34.1 Å². The van der Waals surface area contributed by atoms with E-state index in [0.29, 0.717) is 24.7 Å². The number of amidine groups is 1. The quantitative estimate of drug-likeness (QED) is 0.134. The second-order valence-electron chi connectivity index (χ2n) is 6.15. The molecule has 0 aliphatic heterocycles. The van der Waals surface area contributed by atoms with Gasteiger partial charge in [0.2, 0.25) is 0 Å². The minimum atomic E-state index is 0.483. The average Bonchev–Trinajstić information content (AvgIpc) is 2.72. The van der Waals surface area contributed by atoms with Crippen LogP contribution in [-0.2, 0) is 17.6 Å². The van der Waals surface area contributed by atoms with Crippen LogP contribution in [-0.4, -0.2) is 39.9 Å². The topological polar surface area (TPSA) is 90.5 Å². The van der Waals surface area contributed by atoms with E-state index in [1.54, 1.807) is 14.2 Å². The summed E-state index contributed by atoms with van der Waals surface area (Å²) in [6.07, 6.45) is 6.02. The molecule has 0 aliphatic carbocycles. The number of nitrogens with zero attached hydrogens (tertiary/aromatic N) is 2. The van der Waals surface area contributed by atoms with Crippen molar-refractivity contribution in [2.45, 2.75) is 46.0 Å². The first-order valence-electron chi connectivity index (χ1n) is 9.69. The first-order valence-corrected chi connectivity index (χ1v) is 9.69. The molecule has 1 rings (SSSR count). The molecule has 0 heterocycles. The molecule has 1 aromatic carbocycles. The average molecular weight is 391 g/mol. The first-order chi connectivity index (χ1) is 13.7. The highest BCUT2D eigenvalue weighted by atomic mass is 16.5. The van der Waals surface area contributed by atoms with Gasteiger partial charge in [-0.2, -0.15) is 0 Å². The number of nitrogens with two attached hydrogens (primary N) is 1. The summed E-state index contributed by atoms with van der Waals surface area (Å²) in [4.78, 5) is 8.21. The summed E-state index contributed by atoms with van der Waals surface area (Å²) in [5, 5.41) is 0. The predicted octanol–water partition coefficient (Wildman–Crippen LogP) is 3.42. The van der Waals surface area contributed by atoms with Crippen molar-refractivity contribution in [3.63, 3.8) is 0 Å². The summed E-state index contributed by atoms with van der Waals surface area (Å²) in [6.45, 7) is 8.86. The molecule has 0 aromatic heterocycles. The zero-order valence-corrected chi connectivity index (χ0v) is 17.6. The van der Waals surface area contributed by atoms with Crippen molar-refractivity contribution in [1.82, 2.24) is 5.43 Å². The van der Waals surface area contributed by atoms with Crippen molar-refractivity contribution in [2.24, 2.45) is 15.8 Å². The number of ether oxygens (including phenoxy) is 3. The summed E-state index contributed by atoms with van der Waals surface area (Å²) >= 11 is 0. The highest BCUT2D eigenvalue weighted by Gasteiger charge is 2.14. The fourth-order valence-corrected chi connectivity index (χ4v) is 2.87. The van der Waals surface area contributed by atoms with Crippen molar-refractivity contribution >= 4 is 12.6 Å². The number of aryl methyl sites for hydroxylation is 1. The maximum atomic E-state index is 5.85. The van der Waals surface area contributed by atoms with Crippen molar-refractivity contribution < 1.29 is 14.2 Å². The Bertz CT molecular complexity index is 672. The van der Waals surface area contributed by atoms with Crippen molar-refractivity contribution in [3.05, 3.63) is 35.2 Å². The van der Waals surface area contributed by atoms with E-state index in [-0.39, 0.29) is 0 Å². The summed E-state index contributed by atoms with van der Waals surface area (Å²) < 4.78 is 16.9. The van der Waals surface area contributed by atoms with Gasteiger partial charge in [-0.3, -0.25) is 9.98 Å². The Morgan fingerprint density at radius 1 is 1.21 bits per heavy atom. The van der Waals surface area contributed by atoms with E-state index in [2.05, 4.69) is 36.0 Å². The van der Waals surface area contributed by atoms with Gasteiger partial charge < -0.3 is 19.6 Å². The summed E-state index contributed by atoms with van der Waals surface area (Å²) in [5.74, 6) is 8.29. The third-order valence-corrected chi connectivity index (χ3v) is 4.28. The molecule has 0 fully saturated rings. The van der Waals surface area contributed by atoms with Crippen LogP contribution in [0.1, 0.15) is 44.2 Å². The SMILES string of the molecule is C=N/C=C(/OCCCc1ccc(OC)c(CC)c1OC)C(=NCCCC)NN. The van der Waals surface area contributed by atoms with Gasteiger partial charge in [-0.1, -0.05) is 26.3 Å². The van der Waals surface area contributed by atoms with Crippen LogP contribution >= 0.6 is 0 Å². The van der Waals surface area contributed by atoms with Crippen LogP contribution in [0.25, 0.3) is 0 Å². The van der Waals surface area contributed by atoms with Gasteiger partial charge in [-0.05, 0) is 44.0 Å². The van der Waals surface area contributed by atoms with E-state index >= 15 is 0 Å². The van der Waals surface area contributed by atoms with Gasteiger partial charge in [0.25, 0.3) is 0 Å². The van der Waals surface area contributed by atoms with E-state index in [4.69, 9.17) is 20.1 Å². The zero-order valence-electron chi connectivity index (χ0n) is 17.6. The molecule has 0 saturated heterocycles. The van der Waals surface area contributed by atoms with E-state index in [1.165, 1.54) is 6.20 Å². The molecule has 0 aliphatic rings. The lowest BCUT2D eigenvalue weighted by molar-refractivity contribution is 0.224. The third kappa shape index (κ3) is 6.88. The largest absolute Gasteiger partial charge is 0.496 e. The molecule has 0 bridgehead atoms. The number of hydrogen-bond donors (Lipinski definition) is 2. The maximum Gasteiger partial charge on any atom is 0.180 e. The fraction of sp³-hybridized carbons (Fsp3) is 0.524. The highest BCUT2D eigenvalue weighted by molar-refractivity contribution is 5.96. The van der Waals surface area contributed by atoms with Gasteiger partial charge in [0.15, 0.2) is 11.6 Å². The monoisotopic (exact) mass is 390 g/mol. The lowest BCUT2D eigenvalue weighted by Gasteiger charge is -2.16. The fourth-order valence-electron chi connectivity index (χ4n) is 2.87. The van der Waals surface area contributed by atoms with Crippen LogP contribution in [0.2, 0.25) is 0 Å². The Morgan fingerprint density at radius 2 is 2.00 bits per heavy atom. The molecule has 0 radical (unpaired) electrons. The van der Waals surface area contributed by atoms with Crippen molar-refractivity contribution in [3.8, 4) is 11.5 Å². The Kier molecular flexibility index (Phi) is 11.4. The van der Waals surface area contributed by atoms with Crippen LogP contribution in [0.3, 0.4) is 0 Å². The Labute approximate surface area is 168 Å². The van der Waals surface area contributed by atoms with E-state index in [1.807, 2.05) is 12.1 Å². The van der Waals surface area contributed by atoms with E-state index < -0.39 is 0 Å². The molecule has 1 aromatic rings. The summed E-state index contributed by atoms with van der Waals surface area (Å²) in [7, 11) is 3.37. The third-order valence-electron chi connectivity index (χ3n) is 4.28. The van der Waals surface area contributed by atoms with Gasteiger partial charge in [0.05, 0.1) is 27.0 Å². The van der Waals surface area contributed by atoms with Crippen LogP contribution in [0.4, 0.5) is 0 Å². The molecule has 0 unspecified atom stereocenters. The van der Waals surface area contributed by atoms with Gasteiger partial charge in [-0.15, -0.1) is 0 Å². The van der Waals surface area contributed by atoms with Gasteiger partial charge in [-0.25, -0.2) is 5.84 Å². The molecule has 0 spiro atoms. The minimum Gasteiger partial charge on any atom is -0.496 e. The number of methoxy groups -OCH3 is 2. The smallest absolute Gasteiger partial charge is 0.180 e. The van der Waals surface area contributed by atoms with Gasteiger partial charge >= 0.3 is 0 Å². The van der Waals surface area contributed by atoms with E-state index in [0.717, 1.165) is 54.7 Å². The van der Waals surface area contributed by atoms with Crippen molar-refractivity contribution in [1.29, 1.82) is 0 Å². The number of benzene rings is 1. The molecule has 28 heavy (non-hydrogen) atoms. The first kappa shape index (κ1) is 23.5. The van der Waals surface area contributed by atoms with Crippen LogP contribution in [0.5, 0.6) is 11.5 Å². The highest BCUT2D eigenvalue weighted by Crippen LogP contribution is 2.33. The standard InChI is InChI=1S/C21H34N4O3/c1-6-8-13-24-21(25-22)19(15-23-3)28-14-9-10-16-11-12-18(26-4)17(7-2)20(16)27-5/h11-12,15H,3,6-10,13-14,22H2,1-2,4-5H3,(H,24,25)/b19-15+. The Morgan fingerprint density at radius 3 is 2.57 bits per heavy atom. The second-order valence-corrected chi connectivity index (χ2v) is 6.15. The molecule has 0 amide bonds. The molecular weight excluding hydrogens is 356 g/mol. The predicted molar refractivity (Wildman–Crippen MR) is 115 cm³/mol. The number of rotatable bonds is 13. The van der Waals surface area contributed by atoms with E-state index in [9.17, 15) is 0 Å². The maximum absolute atomic E-state index is 5.85. The summed E-state index contributed by atoms with van der Waals surface area (Å²) in [5.41, 5.74) is 4.80. The molecule has 0 saturated carbocycles. The van der Waals surface area contributed by atoms with Gasteiger partial charge in [0.1, 0.15) is 11.5 Å². The van der Waals surface area contributed by atoms with Crippen LogP contribution in [0, 0.1) is 0 Å². The number of hydrogen-bond acceptors (Lipinski definition) is 6. The van der Waals surface area contributed by atoms with Crippen molar-refractivity contribution in [2.75, 3.05) is 27.4 Å². The zero-order chi connectivity index (χ0) is 20.8. The molecule has 7 heteroatoms. The lowest BCUT2D eigenvalue weighted by atomic mass is 10.0. The minimum absolute atomic E-state index is 0.483. The normalized spacial score (nSPS) is 11.9. The number of unbranched alkanes of at least 4 members (excludes halogenated alkanes) is 1. The summed E-state index contributed by atoms with van der Waals surface area (Å²) in [6, 6.07) is 4.03. The molecule has 0 atom stereocenters. The second kappa shape index (κ2) is 13.6. The number of aliphatic imine (C=N–C) groups is 2.